The van der Waals surface area contributed by atoms with Crippen LogP contribution in [0.3, 0.4) is 0 Å². The number of amides is 1. The molecule has 3 N–H and O–H groups in total. The van der Waals surface area contributed by atoms with E-state index in [1.165, 1.54) is 0 Å². The van der Waals surface area contributed by atoms with Crippen LogP contribution in [0.1, 0.15) is 24.4 Å². The molecule has 114 valence electrons. The first-order chi connectivity index (χ1) is 10.1. The van der Waals surface area contributed by atoms with E-state index in [2.05, 4.69) is 5.32 Å². The molecular weight excluding hydrogens is 272 g/mol. The van der Waals surface area contributed by atoms with E-state index in [1.807, 2.05) is 30.3 Å². The van der Waals surface area contributed by atoms with Gasteiger partial charge in [-0.1, -0.05) is 30.3 Å². The van der Waals surface area contributed by atoms with Crippen LogP contribution in [0.4, 0.5) is 0 Å². The highest BCUT2D eigenvalue weighted by Crippen LogP contribution is 2.19. The molecule has 1 aliphatic rings. The molecule has 1 aromatic rings. The molecule has 1 aromatic carbocycles. The Kier molecular flexibility index (Phi) is 5.30. The molecule has 0 spiro atoms. The monoisotopic (exact) mass is 292 g/mol. The number of β-amino-alcohol motifs (C(OH)–C–C–N with tert-alkyl or cyclic N) is 1. The van der Waals surface area contributed by atoms with E-state index < -0.39 is 18.1 Å². The lowest BCUT2D eigenvalue weighted by molar-refractivity contribution is -0.137. The second-order valence-corrected chi connectivity index (χ2v) is 5.17. The number of carbonyl (C=O) groups excluding carboxylic acids is 1. The molecule has 0 radical (unpaired) electrons. The number of carbonyl (C=O) groups is 2. The van der Waals surface area contributed by atoms with Crippen LogP contribution in [0.2, 0.25) is 0 Å². The highest BCUT2D eigenvalue weighted by Gasteiger charge is 2.30. The molecule has 1 unspecified atom stereocenters. The maximum atomic E-state index is 12.6. The number of aliphatic hydroxyl groups is 1. The average molecular weight is 292 g/mol. The van der Waals surface area contributed by atoms with E-state index in [-0.39, 0.29) is 18.9 Å². The molecule has 1 amide bonds. The predicted octanol–water partition coefficient (Wildman–Crippen LogP) is 0.385. The summed E-state index contributed by atoms with van der Waals surface area (Å²) >= 11 is 0. The van der Waals surface area contributed by atoms with Gasteiger partial charge in [0.15, 0.2) is 0 Å². The zero-order valence-electron chi connectivity index (χ0n) is 11.7. The minimum absolute atomic E-state index is 0.0424. The summed E-state index contributed by atoms with van der Waals surface area (Å²) in [5.74, 6) is -1.03. The van der Waals surface area contributed by atoms with Crippen LogP contribution in [0.5, 0.6) is 0 Å². The molecule has 6 nitrogen and oxygen atoms in total. The van der Waals surface area contributed by atoms with Gasteiger partial charge in [0.05, 0.1) is 12.5 Å². The van der Waals surface area contributed by atoms with Crippen LogP contribution in [0, 0.1) is 0 Å². The largest absolute Gasteiger partial charge is 0.481 e. The van der Waals surface area contributed by atoms with Crippen LogP contribution < -0.4 is 5.32 Å². The first-order valence-corrected chi connectivity index (χ1v) is 7.05. The summed E-state index contributed by atoms with van der Waals surface area (Å²) in [6.07, 6.45) is 0.0751. The number of hydrogen-bond donors (Lipinski definition) is 3. The van der Waals surface area contributed by atoms with Crippen molar-refractivity contribution in [1.29, 1.82) is 0 Å². The van der Waals surface area contributed by atoms with Gasteiger partial charge < -0.3 is 20.4 Å². The number of nitrogens with zero attached hydrogens (tertiary/aromatic N) is 1. The fourth-order valence-electron chi connectivity index (χ4n) is 2.44. The van der Waals surface area contributed by atoms with Gasteiger partial charge in [-0.25, -0.2) is 0 Å². The van der Waals surface area contributed by atoms with Gasteiger partial charge in [0.2, 0.25) is 5.91 Å². The molecule has 0 aromatic heterocycles. The quantitative estimate of drug-likeness (QED) is 0.705. The molecular formula is C15H20N2O4. The Bertz CT molecular complexity index is 492. The minimum Gasteiger partial charge on any atom is -0.481 e. The molecule has 0 saturated carbocycles. The lowest BCUT2D eigenvalue weighted by Gasteiger charge is -2.24. The Labute approximate surface area is 123 Å². The SMILES string of the molecule is O=C(O)CCN[C@H](C(=O)N1CCC(O)C1)c1ccccc1. The van der Waals surface area contributed by atoms with Gasteiger partial charge >= 0.3 is 5.97 Å². The van der Waals surface area contributed by atoms with Crippen LogP contribution >= 0.6 is 0 Å². The number of aliphatic hydroxyl groups excluding tert-OH is 1. The summed E-state index contributed by atoms with van der Waals surface area (Å²) in [7, 11) is 0. The molecule has 1 aliphatic heterocycles. The third-order valence-electron chi connectivity index (χ3n) is 3.54. The van der Waals surface area contributed by atoms with E-state index in [0.717, 1.165) is 5.56 Å². The topological polar surface area (TPSA) is 89.9 Å². The third kappa shape index (κ3) is 4.27. The zero-order chi connectivity index (χ0) is 15.2. The molecule has 1 heterocycles. The van der Waals surface area contributed by atoms with Gasteiger partial charge in [-0.3, -0.25) is 9.59 Å². The van der Waals surface area contributed by atoms with E-state index in [0.29, 0.717) is 19.5 Å². The summed E-state index contributed by atoms with van der Waals surface area (Å²) in [6.45, 7) is 1.09. The maximum absolute atomic E-state index is 12.6. The van der Waals surface area contributed by atoms with Gasteiger partial charge in [-0.15, -0.1) is 0 Å². The van der Waals surface area contributed by atoms with Crippen LogP contribution in [-0.4, -0.2) is 52.7 Å². The molecule has 2 rings (SSSR count). The number of nitrogens with one attached hydrogen (secondary N) is 1. The number of rotatable bonds is 6. The summed E-state index contributed by atoms with van der Waals surface area (Å²) in [5.41, 5.74) is 0.800. The lowest BCUT2D eigenvalue weighted by Crippen LogP contribution is -2.40. The first kappa shape index (κ1) is 15.5. The number of aliphatic carboxylic acids is 1. The van der Waals surface area contributed by atoms with E-state index in [9.17, 15) is 14.7 Å². The Morgan fingerprint density at radius 2 is 2.05 bits per heavy atom. The molecule has 21 heavy (non-hydrogen) atoms. The Morgan fingerprint density at radius 1 is 1.33 bits per heavy atom. The Balaban J connectivity index is 2.07. The third-order valence-corrected chi connectivity index (χ3v) is 3.54. The minimum atomic E-state index is -0.904. The van der Waals surface area contributed by atoms with Crippen molar-refractivity contribution in [3.63, 3.8) is 0 Å². The van der Waals surface area contributed by atoms with Crippen molar-refractivity contribution in [1.82, 2.24) is 10.2 Å². The van der Waals surface area contributed by atoms with E-state index in [4.69, 9.17) is 5.11 Å². The molecule has 1 fully saturated rings. The normalized spacial score (nSPS) is 19.5. The van der Waals surface area contributed by atoms with Gasteiger partial charge in [-0.05, 0) is 12.0 Å². The molecule has 0 aliphatic carbocycles. The summed E-state index contributed by atoms with van der Waals surface area (Å²) in [4.78, 5) is 24.8. The molecule has 0 bridgehead atoms. The highest BCUT2D eigenvalue weighted by molar-refractivity contribution is 5.83. The molecule has 1 saturated heterocycles. The van der Waals surface area contributed by atoms with Gasteiger partial charge in [-0.2, -0.15) is 0 Å². The van der Waals surface area contributed by atoms with Crippen molar-refractivity contribution >= 4 is 11.9 Å². The number of carboxylic acids is 1. The zero-order valence-corrected chi connectivity index (χ0v) is 11.7. The average Bonchev–Trinajstić information content (AvgIpc) is 2.90. The molecule has 6 heteroatoms. The highest BCUT2D eigenvalue weighted by atomic mass is 16.4. The number of carboxylic acid groups (broad SMARTS) is 1. The number of benzene rings is 1. The van der Waals surface area contributed by atoms with E-state index >= 15 is 0 Å². The standard InChI is InChI=1S/C15H20N2O4/c18-12-7-9-17(10-12)15(21)14(16-8-6-13(19)20)11-4-2-1-3-5-11/h1-5,12,14,16,18H,6-10H2,(H,19,20)/t12?,14-/m0/s1. The summed E-state index contributed by atoms with van der Waals surface area (Å²) in [6, 6.07) is 8.64. The number of hydrogen-bond acceptors (Lipinski definition) is 4. The second kappa shape index (κ2) is 7.19. The first-order valence-electron chi connectivity index (χ1n) is 7.05. The fourth-order valence-corrected chi connectivity index (χ4v) is 2.44. The van der Waals surface area contributed by atoms with Crippen molar-refractivity contribution in [3.8, 4) is 0 Å². The van der Waals surface area contributed by atoms with Crippen molar-refractivity contribution in [2.75, 3.05) is 19.6 Å². The lowest BCUT2D eigenvalue weighted by atomic mass is 10.1. The second-order valence-electron chi connectivity index (χ2n) is 5.17. The van der Waals surface area contributed by atoms with Crippen LogP contribution in [-0.2, 0) is 9.59 Å². The smallest absolute Gasteiger partial charge is 0.304 e. The van der Waals surface area contributed by atoms with Crippen molar-refractivity contribution in [3.05, 3.63) is 35.9 Å². The van der Waals surface area contributed by atoms with Crippen LogP contribution in [0.25, 0.3) is 0 Å². The Hall–Kier alpha value is -1.92. The summed E-state index contributed by atoms with van der Waals surface area (Å²) in [5, 5.41) is 21.3. The Morgan fingerprint density at radius 3 is 2.62 bits per heavy atom. The maximum Gasteiger partial charge on any atom is 0.304 e. The van der Waals surface area contributed by atoms with Crippen molar-refractivity contribution < 1.29 is 19.8 Å². The molecule has 2 atom stereocenters. The van der Waals surface area contributed by atoms with Gasteiger partial charge in [0.1, 0.15) is 6.04 Å². The van der Waals surface area contributed by atoms with Gasteiger partial charge in [0.25, 0.3) is 0 Å². The number of likely N-dealkylation sites (tertiary alicyclic amines) is 1. The van der Waals surface area contributed by atoms with Crippen molar-refractivity contribution in [2.45, 2.75) is 25.0 Å². The van der Waals surface area contributed by atoms with Crippen molar-refractivity contribution in [2.24, 2.45) is 0 Å². The van der Waals surface area contributed by atoms with Crippen LogP contribution in [0.15, 0.2) is 30.3 Å². The summed E-state index contributed by atoms with van der Waals surface area (Å²) < 4.78 is 0. The van der Waals surface area contributed by atoms with E-state index in [1.54, 1.807) is 4.90 Å². The fraction of sp³-hybridized carbons (Fsp3) is 0.467. The predicted molar refractivity (Wildman–Crippen MR) is 76.6 cm³/mol. The van der Waals surface area contributed by atoms with Gasteiger partial charge in [0, 0.05) is 19.6 Å².